The van der Waals surface area contributed by atoms with E-state index in [1.807, 2.05) is 22.9 Å². The standard InChI is InChI=1S/C25H20Br2OS2/c1-15(26)17-3-7-19(8-4-17)21-11-13-29-24(21)23(28)25-22(12-14-30-25)20-9-5-18(6-10-20)16(2)27/h3-16H,1-2H3. The second-order valence-electron chi connectivity index (χ2n) is 7.13. The van der Waals surface area contributed by atoms with Gasteiger partial charge in [-0.3, -0.25) is 4.79 Å². The molecule has 30 heavy (non-hydrogen) atoms. The number of carbonyl (C=O) groups is 1. The molecule has 2 aromatic heterocycles. The fourth-order valence-electron chi connectivity index (χ4n) is 3.38. The number of benzene rings is 2. The Bertz CT molecular complexity index is 1060. The van der Waals surface area contributed by atoms with Crippen molar-refractivity contribution in [2.75, 3.05) is 0 Å². The third-order valence-electron chi connectivity index (χ3n) is 5.10. The largest absolute Gasteiger partial charge is 0.287 e. The SMILES string of the molecule is CC(Br)c1ccc(-c2ccsc2C(=O)c2sccc2-c2ccc(C(C)Br)cc2)cc1. The molecule has 0 saturated heterocycles. The van der Waals surface area contributed by atoms with Gasteiger partial charge in [0.2, 0.25) is 5.78 Å². The van der Waals surface area contributed by atoms with E-state index in [2.05, 4.69) is 94.2 Å². The van der Waals surface area contributed by atoms with E-state index in [0.29, 0.717) is 9.65 Å². The van der Waals surface area contributed by atoms with Gasteiger partial charge >= 0.3 is 0 Å². The van der Waals surface area contributed by atoms with Crippen LogP contribution in [0.1, 0.15) is 49.2 Å². The van der Waals surface area contributed by atoms with E-state index in [-0.39, 0.29) is 5.78 Å². The molecule has 4 rings (SSSR count). The maximum absolute atomic E-state index is 13.5. The Morgan fingerprint density at radius 3 is 1.37 bits per heavy atom. The lowest BCUT2D eigenvalue weighted by Crippen LogP contribution is -2.00. The van der Waals surface area contributed by atoms with E-state index < -0.39 is 0 Å². The van der Waals surface area contributed by atoms with Crippen LogP contribution in [0.4, 0.5) is 0 Å². The molecule has 2 unspecified atom stereocenters. The molecule has 0 amide bonds. The molecule has 152 valence electrons. The highest BCUT2D eigenvalue weighted by Gasteiger charge is 2.21. The summed E-state index contributed by atoms with van der Waals surface area (Å²) in [6, 6.07) is 20.9. The second kappa shape index (κ2) is 9.31. The van der Waals surface area contributed by atoms with Crippen LogP contribution in [0.15, 0.2) is 71.4 Å². The van der Waals surface area contributed by atoms with E-state index in [0.717, 1.165) is 32.0 Å². The van der Waals surface area contributed by atoms with Crippen LogP contribution in [-0.4, -0.2) is 5.78 Å². The summed E-state index contributed by atoms with van der Waals surface area (Å²) in [5.74, 6) is 0.0980. The van der Waals surface area contributed by atoms with Gasteiger partial charge in [-0.1, -0.05) is 80.4 Å². The van der Waals surface area contributed by atoms with Gasteiger partial charge in [-0.05, 0) is 59.0 Å². The second-order valence-corrected chi connectivity index (χ2v) is 11.7. The van der Waals surface area contributed by atoms with Gasteiger partial charge in [0, 0.05) is 20.8 Å². The predicted octanol–water partition coefficient (Wildman–Crippen LogP) is 9.29. The van der Waals surface area contributed by atoms with Crippen molar-refractivity contribution in [3.63, 3.8) is 0 Å². The first-order valence-electron chi connectivity index (χ1n) is 9.64. The molecule has 0 spiro atoms. The van der Waals surface area contributed by atoms with Crippen LogP contribution < -0.4 is 0 Å². The van der Waals surface area contributed by atoms with E-state index >= 15 is 0 Å². The number of halogens is 2. The molecule has 0 N–H and O–H groups in total. The Morgan fingerprint density at radius 1 is 0.667 bits per heavy atom. The van der Waals surface area contributed by atoms with Crippen LogP contribution in [0.25, 0.3) is 22.3 Å². The van der Waals surface area contributed by atoms with Crippen molar-refractivity contribution >= 4 is 60.3 Å². The number of rotatable bonds is 6. The van der Waals surface area contributed by atoms with Gasteiger partial charge in [0.05, 0.1) is 9.75 Å². The van der Waals surface area contributed by atoms with Crippen molar-refractivity contribution in [2.24, 2.45) is 0 Å². The Balaban J connectivity index is 1.68. The molecule has 1 nitrogen and oxygen atoms in total. The molecule has 2 heterocycles. The molecule has 2 aromatic carbocycles. The minimum atomic E-state index is 0.0980. The van der Waals surface area contributed by atoms with E-state index in [9.17, 15) is 4.79 Å². The molecule has 0 aliphatic rings. The van der Waals surface area contributed by atoms with Crippen LogP contribution in [-0.2, 0) is 0 Å². The molecule has 5 heteroatoms. The maximum atomic E-state index is 13.5. The van der Waals surface area contributed by atoms with Gasteiger partial charge in [-0.2, -0.15) is 0 Å². The number of thiophene rings is 2. The number of alkyl halides is 2. The minimum absolute atomic E-state index is 0.0980. The molecule has 0 bridgehead atoms. The Morgan fingerprint density at radius 2 is 1.03 bits per heavy atom. The summed E-state index contributed by atoms with van der Waals surface area (Å²) in [5.41, 5.74) is 6.60. The van der Waals surface area contributed by atoms with Gasteiger partial charge in [0.15, 0.2) is 0 Å². The summed E-state index contributed by atoms with van der Waals surface area (Å²) in [5, 5.41) is 4.01. The summed E-state index contributed by atoms with van der Waals surface area (Å²) in [7, 11) is 0. The number of hydrogen-bond acceptors (Lipinski definition) is 3. The Hall–Kier alpha value is -1.53. The van der Waals surface area contributed by atoms with Crippen molar-refractivity contribution in [2.45, 2.75) is 23.5 Å². The minimum Gasteiger partial charge on any atom is -0.287 e. The fraction of sp³-hybridized carbons (Fsp3) is 0.160. The number of hydrogen-bond donors (Lipinski definition) is 0. The average Bonchev–Trinajstić information content (AvgIpc) is 3.43. The van der Waals surface area contributed by atoms with Gasteiger partial charge in [0.1, 0.15) is 0 Å². The quantitative estimate of drug-likeness (QED) is 0.170. The number of ketones is 1. The van der Waals surface area contributed by atoms with E-state index in [4.69, 9.17) is 0 Å². The van der Waals surface area contributed by atoms with Gasteiger partial charge < -0.3 is 0 Å². The zero-order valence-corrected chi connectivity index (χ0v) is 21.4. The molecule has 0 radical (unpaired) electrons. The van der Waals surface area contributed by atoms with Crippen molar-refractivity contribution < 1.29 is 4.79 Å². The third kappa shape index (κ3) is 4.40. The maximum Gasteiger partial charge on any atom is 0.214 e. The monoisotopic (exact) mass is 558 g/mol. The Labute approximate surface area is 202 Å². The summed E-state index contributed by atoms with van der Waals surface area (Å²) in [6.07, 6.45) is 0. The summed E-state index contributed by atoms with van der Waals surface area (Å²) in [4.78, 5) is 15.7. The van der Waals surface area contributed by atoms with Crippen LogP contribution >= 0.6 is 54.5 Å². The summed E-state index contributed by atoms with van der Waals surface area (Å²) < 4.78 is 0. The average molecular weight is 560 g/mol. The molecule has 0 aliphatic heterocycles. The molecular weight excluding hydrogens is 540 g/mol. The highest BCUT2D eigenvalue weighted by Crippen LogP contribution is 2.36. The highest BCUT2D eigenvalue weighted by atomic mass is 79.9. The van der Waals surface area contributed by atoms with Crippen LogP contribution in [0.2, 0.25) is 0 Å². The predicted molar refractivity (Wildman–Crippen MR) is 138 cm³/mol. The van der Waals surface area contributed by atoms with E-state index in [1.165, 1.54) is 33.8 Å². The fourth-order valence-corrected chi connectivity index (χ4v) is 5.78. The van der Waals surface area contributed by atoms with Crippen LogP contribution in [0.5, 0.6) is 0 Å². The molecular formula is C25H20Br2OS2. The summed E-state index contributed by atoms with van der Waals surface area (Å²) in [6.45, 7) is 4.22. The first-order chi connectivity index (χ1) is 14.5. The smallest absolute Gasteiger partial charge is 0.214 e. The van der Waals surface area contributed by atoms with E-state index in [1.54, 1.807) is 0 Å². The molecule has 4 aromatic rings. The van der Waals surface area contributed by atoms with Gasteiger partial charge in [-0.25, -0.2) is 0 Å². The number of carbonyl (C=O) groups excluding carboxylic acids is 1. The third-order valence-corrected chi connectivity index (χ3v) is 7.99. The van der Waals surface area contributed by atoms with Crippen molar-refractivity contribution in [1.29, 1.82) is 0 Å². The lowest BCUT2D eigenvalue weighted by atomic mass is 9.99. The van der Waals surface area contributed by atoms with Gasteiger partial charge in [-0.15, -0.1) is 22.7 Å². The first-order valence-corrected chi connectivity index (χ1v) is 13.2. The van der Waals surface area contributed by atoms with Crippen LogP contribution in [0, 0.1) is 0 Å². The van der Waals surface area contributed by atoms with Crippen molar-refractivity contribution in [1.82, 2.24) is 0 Å². The van der Waals surface area contributed by atoms with Crippen molar-refractivity contribution in [3.8, 4) is 22.3 Å². The zero-order chi connectivity index (χ0) is 21.3. The normalized spacial score (nSPS) is 13.2. The zero-order valence-electron chi connectivity index (χ0n) is 16.6. The van der Waals surface area contributed by atoms with Crippen molar-refractivity contribution in [3.05, 3.63) is 92.3 Å². The molecule has 0 aliphatic carbocycles. The molecule has 0 fully saturated rings. The molecule has 2 atom stereocenters. The summed E-state index contributed by atoms with van der Waals surface area (Å²) >= 11 is 10.2. The topological polar surface area (TPSA) is 17.1 Å². The van der Waals surface area contributed by atoms with Gasteiger partial charge in [0.25, 0.3) is 0 Å². The molecule has 0 saturated carbocycles. The lowest BCUT2D eigenvalue weighted by Gasteiger charge is -2.09. The lowest BCUT2D eigenvalue weighted by molar-refractivity contribution is 0.104. The highest BCUT2D eigenvalue weighted by molar-refractivity contribution is 9.09. The Kier molecular flexibility index (Phi) is 6.73. The first kappa shape index (κ1) is 21.7. The van der Waals surface area contributed by atoms with Crippen LogP contribution in [0.3, 0.4) is 0 Å².